The Morgan fingerprint density at radius 1 is 1.06 bits per heavy atom. The lowest BCUT2D eigenvalue weighted by atomic mass is 10.0. The monoisotopic (exact) mass is 483 g/mol. The van der Waals surface area contributed by atoms with Gasteiger partial charge >= 0.3 is 5.97 Å². The summed E-state index contributed by atoms with van der Waals surface area (Å²) in [6, 6.07) is 17.2. The van der Waals surface area contributed by atoms with E-state index in [2.05, 4.69) is 4.72 Å². The Morgan fingerprint density at radius 3 is 2.35 bits per heavy atom. The minimum absolute atomic E-state index is 0.0185. The lowest BCUT2D eigenvalue weighted by Crippen LogP contribution is -2.43. The number of carboxylic acid groups (broad SMARTS) is 1. The number of amidine groups is 1. The fraction of sp³-hybridized carbons (Fsp3) is 0.280. The van der Waals surface area contributed by atoms with Gasteiger partial charge in [-0.15, -0.1) is 0 Å². The molecular formula is C25H29N3O5S. The number of carbonyl (C=O) groups is 1. The Kier molecular flexibility index (Phi) is 8.25. The van der Waals surface area contributed by atoms with Crippen molar-refractivity contribution in [1.29, 1.82) is 5.41 Å². The highest BCUT2D eigenvalue weighted by Gasteiger charge is 2.24. The predicted octanol–water partition coefficient (Wildman–Crippen LogP) is 3.42. The number of unbranched alkanes of at least 4 members (excludes halogenated alkanes) is 1. The molecule has 8 nitrogen and oxygen atoms in total. The van der Waals surface area contributed by atoms with Crippen LogP contribution < -0.4 is 15.2 Å². The van der Waals surface area contributed by atoms with Gasteiger partial charge in [0.1, 0.15) is 24.2 Å². The third-order valence-electron chi connectivity index (χ3n) is 5.37. The molecule has 0 saturated carbocycles. The van der Waals surface area contributed by atoms with Gasteiger partial charge in [0, 0.05) is 5.56 Å². The van der Waals surface area contributed by atoms with Crippen LogP contribution in [0, 0.1) is 5.41 Å². The molecule has 3 rings (SSSR count). The van der Waals surface area contributed by atoms with Crippen LogP contribution in [0.15, 0.2) is 60.7 Å². The Hall–Kier alpha value is -3.43. The van der Waals surface area contributed by atoms with Gasteiger partial charge in [0.05, 0.1) is 5.75 Å². The zero-order valence-electron chi connectivity index (χ0n) is 19.0. The van der Waals surface area contributed by atoms with Gasteiger partial charge in [0.25, 0.3) is 0 Å². The van der Waals surface area contributed by atoms with Crippen LogP contribution in [0.1, 0.15) is 36.5 Å². The van der Waals surface area contributed by atoms with Crippen molar-refractivity contribution in [2.45, 2.75) is 38.8 Å². The van der Waals surface area contributed by atoms with Gasteiger partial charge in [-0.25, -0.2) is 13.1 Å². The van der Waals surface area contributed by atoms with E-state index in [4.69, 9.17) is 15.9 Å². The first-order chi connectivity index (χ1) is 16.2. The molecule has 0 heterocycles. The molecule has 0 amide bonds. The molecule has 0 bridgehead atoms. The quantitative estimate of drug-likeness (QED) is 0.230. The molecule has 0 aliphatic rings. The maximum absolute atomic E-state index is 12.2. The molecule has 34 heavy (non-hydrogen) atoms. The lowest BCUT2D eigenvalue weighted by molar-refractivity contribution is -0.138. The summed E-state index contributed by atoms with van der Waals surface area (Å²) in [7, 11) is -3.66. The second kappa shape index (κ2) is 11.1. The number of hydrogen-bond acceptors (Lipinski definition) is 5. The molecule has 9 heteroatoms. The van der Waals surface area contributed by atoms with Crippen LogP contribution in [0.5, 0.6) is 5.75 Å². The number of sulfonamides is 1. The molecule has 3 aromatic rings. The van der Waals surface area contributed by atoms with Crippen LogP contribution in [-0.4, -0.2) is 37.1 Å². The van der Waals surface area contributed by atoms with Crippen molar-refractivity contribution in [1.82, 2.24) is 4.72 Å². The number of aliphatic carboxylic acids is 1. The maximum atomic E-state index is 12.2. The molecule has 3 aromatic carbocycles. The van der Waals surface area contributed by atoms with E-state index in [0.717, 1.165) is 21.9 Å². The molecule has 0 radical (unpaired) electrons. The van der Waals surface area contributed by atoms with Crippen molar-refractivity contribution < 1.29 is 23.1 Å². The van der Waals surface area contributed by atoms with Crippen molar-refractivity contribution in [2.75, 3.05) is 5.75 Å². The van der Waals surface area contributed by atoms with Crippen molar-refractivity contribution in [2.24, 2.45) is 5.73 Å². The third kappa shape index (κ3) is 7.03. The van der Waals surface area contributed by atoms with Crippen LogP contribution >= 0.6 is 0 Å². The summed E-state index contributed by atoms with van der Waals surface area (Å²) in [6.07, 6.45) is 1.23. The van der Waals surface area contributed by atoms with E-state index in [0.29, 0.717) is 30.8 Å². The van der Waals surface area contributed by atoms with Crippen molar-refractivity contribution >= 4 is 32.6 Å². The SMILES string of the molecule is CCCCS(=O)(=O)NC(Cc1ccc2cc(OCc3ccc(C(=N)N)cc3)ccc2c1)C(=O)O. The van der Waals surface area contributed by atoms with Crippen LogP contribution in [0.3, 0.4) is 0 Å². The highest BCUT2D eigenvalue weighted by atomic mass is 32.2. The van der Waals surface area contributed by atoms with Gasteiger partial charge < -0.3 is 15.6 Å². The van der Waals surface area contributed by atoms with E-state index in [1.807, 2.05) is 49.4 Å². The number of ether oxygens (including phenoxy) is 1. The summed E-state index contributed by atoms with van der Waals surface area (Å²) in [5.41, 5.74) is 7.79. The highest BCUT2D eigenvalue weighted by Crippen LogP contribution is 2.23. The number of fused-ring (bicyclic) bond motifs is 1. The van der Waals surface area contributed by atoms with Crippen LogP contribution in [0.25, 0.3) is 10.8 Å². The second-order valence-electron chi connectivity index (χ2n) is 8.13. The van der Waals surface area contributed by atoms with E-state index in [9.17, 15) is 18.3 Å². The fourth-order valence-corrected chi connectivity index (χ4v) is 4.87. The highest BCUT2D eigenvalue weighted by molar-refractivity contribution is 7.89. The van der Waals surface area contributed by atoms with Gasteiger partial charge in [-0.2, -0.15) is 0 Å². The normalized spacial score (nSPS) is 12.4. The van der Waals surface area contributed by atoms with Crippen LogP contribution in [-0.2, 0) is 27.8 Å². The van der Waals surface area contributed by atoms with Gasteiger partial charge in [0.15, 0.2) is 0 Å². The number of nitrogens with one attached hydrogen (secondary N) is 2. The number of benzene rings is 3. The van der Waals surface area contributed by atoms with Gasteiger partial charge in [0.2, 0.25) is 10.0 Å². The number of nitrogen functional groups attached to an aromatic ring is 1. The molecule has 5 N–H and O–H groups in total. The zero-order chi connectivity index (χ0) is 24.7. The summed E-state index contributed by atoms with van der Waals surface area (Å²) in [6.45, 7) is 2.24. The van der Waals surface area contributed by atoms with Crippen LogP contribution in [0.4, 0.5) is 0 Å². The minimum Gasteiger partial charge on any atom is -0.489 e. The van der Waals surface area contributed by atoms with E-state index < -0.39 is 22.0 Å². The van der Waals surface area contributed by atoms with E-state index in [1.165, 1.54) is 0 Å². The Balaban J connectivity index is 1.68. The molecule has 0 aliphatic carbocycles. The Bertz CT molecular complexity index is 1270. The average molecular weight is 484 g/mol. The molecule has 0 spiro atoms. The first-order valence-electron chi connectivity index (χ1n) is 11.0. The molecule has 180 valence electrons. The number of hydrogen-bond donors (Lipinski definition) is 4. The molecular weight excluding hydrogens is 454 g/mol. The summed E-state index contributed by atoms with van der Waals surface area (Å²) in [5, 5.41) is 18.8. The van der Waals surface area contributed by atoms with Gasteiger partial charge in [-0.05, 0) is 46.9 Å². The van der Waals surface area contributed by atoms with E-state index in [-0.39, 0.29) is 18.0 Å². The van der Waals surface area contributed by atoms with Crippen molar-refractivity contribution in [3.63, 3.8) is 0 Å². The maximum Gasteiger partial charge on any atom is 0.322 e. The first-order valence-corrected chi connectivity index (χ1v) is 12.6. The number of carboxylic acids is 1. The summed E-state index contributed by atoms with van der Waals surface area (Å²) in [4.78, 5) is 11.6. The van der Waals surface area contributed by atoms with E-state index in [1.54, 1.807) is 18.2 Å². The molecule has 0 aliphatic heterocycles. The van der Waals surface area contributed by atoms with Crippen molar-refractivity contribution in [3.8, 4) is 5.75 Å². The van der Waals surface area contributed by atoms with E-state index >= 15 is 0 Å². The second-order valence-corrected chi connectivity index (χ2v) is 10.0. The number of nitrogens with two attached hydrogens (primary N) is 1. The molecule has 0 aromatic heterocycles. The zero-order valence-corrected chi connectivity index (χ0v) is 19.8. The lowest BCUT2D eigenvalue weighted by Gasteiger charge is -2.15. The molecule has 0 saturated heterocycles. The van der Waals surface area contributed by atoms with Gasteiger partial charge in [-0.3, -0.25) is 10.2 Å². The smallest absolute Gasteiger partial charge is 0.322 e. The summed E-state index contributed by atoms with van der Waals surface area (Å²) >= 11 is 0. The van der Waals surface area contributed by atoms with Crippen LogP contribution in [0.2, 0.25) is 0 Å². The Morgan fingerprint density at radius 2 is 1.71 bits per heavy atom. The largest absolute Gasteiger partial charge is 0.489 e. The van der Waals surface area contributed by atoms with Gasteiger partial charge in [-0.1, -0.05) is 61.9 Å². The summed E-state index contributed by atoms with van der Waals surface area (Å²) < 4.78 is 32.5. The average Bonchev–Trinajstić information content (AvgIpc) is 2.81. The Labute approximate surface area is 199 Å². The fourth-order valence-electron chi connectivity index (χ4n) is 3.46. The third-order valence-corrected chi connectivity index (χ3v) is 6.84. The summed E-state index contributed by atoms with van der Waals surface area (Å²) in [5.74, 6) is -0.595. The molecule has 1 atom stereocenters. The number of rotatable bonds is 12. The molecule has 1 unspecified atom stereocenters. The minimum atomic E-state index is -3.66. The van der Waals surface area contributed by atoms with Crippen molar-refractivity contribution in [3.05, 3.63) is 77.4 Å². The molecule has 0 fully saturated rings. The topological polar surface area (TPSA) is 143 Å². The standard InChI is InChI=1S/C25H29N3O5S/c1-2-3-12-34(31,32)28-23(25(29)30)14-18-6-9-21-15-22(11-10-20(21)13-18)33-16-17-4-7-19(8-5-17)24(26)27/h4-11,13,15,23,28H,2-3,12,14,16H2,1H3,(H3,26,27)(H,29,30). The predicted molar refractivity (Wildman–Crippen MR) is 133 cm³/mol. The first kappa shape index (κ1) is 25.2.